The van der Waals surface area contributed by atoms with Crippen molar-refractivity contribution in [3.8, 4) is 0 Å². The van der Waals surface area contributed by atoms with Crippen LogP contribution in [0.15, 0.2) is 91.0 Å². The zero-order valence-electron chi connectivity index (χ0n) is 22.3. The molecule has 1 saturated heterocycles. The van der Waals surface area contributed by atoms with Crippen LogP contribution in [0.5, 0.6) is 0 Å². The summed E-state index contributed by atoms with van der Waals surface area (Å²) >= 11 is 0. The monoisotopic (exact) mass is 584 g/mol. The van der Waals surface area contributed by atoms with Gasteiger partial charge in [-0.15, -0.1) is 0 Å². The van der Waals surface area contributed by atoms with Gasteiger partial charge in [-0.2, -0.15) is 0 Å². The van der Waals surface area contributed by atoms with Crippen LogP contribution in [0, 0.1) is 0 Å². The Morgan fingerprint density at radius 1 is 0.756 bits per heavy atom. The Morgan fingerprint density at radius 3 is 1.66 bits per heavy atom. The van der Waals surface area contributed by atoms with Crippen molar-refractivity contribution in [2.75, 3.05) is 27.0 Å². The van der Waals surface area contributed by atoms with Gasteiger partial charge in [-0.3, -0.25) is 4.57 Å². The molecule has 3 aromatic carbocycles. The molecule has 1 aliphatic heterocycles. The summed E-state index contributed by atoms with van der Waals surface area (Å²) in [6.07, 6.45) is -5.40. The fourth-order valence-electron chi connectivity index (χ4n) is 4.22. The van der Waals surface area contributed by atoms with Crippen LogP contribution in [-0.4, -0.2) is 74.1 Å². The third-order valence-electron chi connectivity index (χ3n) is 6.33. The highest BCUT2D eigenvalue weighted by Crippen LogP contribution is 2.52. The van der Waals surface area contributed by atoms with Gasteiger partial charge in [0.2, 0.25) is 5.79 Å². The average Bonchev–Trinajstić information content (AvgIpc) is 3.26. The summed E-state index contributed by atoms with van der Waals surface area (Å²) in [7, 11) is -1.77. The molecule has 1 N–H and O–H groups in total. The van der Waals surface area contributed by atoms with E-state index in [9.17, 15) is 24.1 Å². The summed E-state index contributed by atoms with van der Waals surface area (Å²) in [6, 6.07) is 23.9. The molecule has 41 heavy (non-hydrogen) atoms. The Balaban J connectivity index is 1.69. The number of benzene rings is 3. The van der Waals surface area contributed by atoms with Gasteiger partial charge < -0.3 is 33.1 Å². The molecule has 0 spiro atoms. The molecule has 0 radical (unpaired) electrons. The number of hydrogen-bond acceptors (Lipinski definition) is 11. The van der Waals surface area contributed by atoms with E-state index in [0.717, 1.165) is 14.2 Å². The van der Waals surface area contributed by atoms with Crippen LogP contribution in [0.2, 0.25) is 0 Å². The van der Waals surface area contributed by atoms with E-state index in [1.165, 1.54) is 24.3 Å². The van der Waals surface area contributed by atoms with E-state index in [-0.39, 0.29) is 16.7 Å². The second kappa shape index (κ2) is 13.2. The summed E-state index contributed by atoms with van der Waals surface area (Å²) in [5.74, 6) is -4.97. The molecular weight excluding hydrogens is 555 g/mol. The third-order valence-corrected chi connectivity index (χ3v) is 8.28. The lowest BCUT2D eigenvalue weighted by Crippen LogP contribution is -2.50. The highest BCUT2D eigenvalue weighted by Gasteiger charge is 2.61. The van der Waals surface area contributed by atoms with Gasteiger partial charge >= 0.3 is 25.5 Å². The first kappa shape index (κ1) is 30.1. The van der Waals surface area contributed by atoms with Gasteiger partial charge in [0.15, 0.2) is 12.2 Å². The number of aliphatic hydroxyl groups is 1. The van der Waals surface area contributed by atoms with Crippen LogP contribution in [0.1, 0.15) is 31.1 Å². The number of carbonyl (C=O) groups excluding carboxylic acids is 3. The van der Waals surface area contributed by atoms with E-state index in [2.05, 4.69) is 0 Å². The fraction of sp³-hybridized carbons (Fsp3) is 0.276. The van der Waals surface area contributed by atoms with Crippen molar-refractivity contribution in [2.45, 2.75) is 24.1 Å². The Morgan fingerprint density at radius 2 is 1.20 bits per heavy atom. The molecule has 0 aromatic heterocycles. The van der Waals surface area contributed by atoms with Crippen molar-refractivity contribution >= 4 is 25.5 Å². The lowest BCUT2D eigenvalue weighted by Gasteiger charge is -2.31. The molecule has 1 unspecified atom stereocenters. The van der Waals surface area contributed by atoms with Crippen molar-refractivity contribution in [2.24, 2.45) is 0 Å². The highest BCUT2D eigenvalue weighted by atomic mass is 31.2. The van der Waals surface area contributed by atoms with Gasteiger partial charge in [0.1, 0.15) is 18.9 Å². The quantitative estimate of drug-likeness (QED) is 0.199. The minimum Gasteiger partial charge on any atom is -0.459 e. The molecule has 1 fully saturated rings. The molecule has 216 valence electrons. The minimum absolute atomic E-state index is 0.128. The SMILES string of the molecule is COP(=O)(C[C@]1(O)O[C@H](COC(=O)c2ccccc2)[C@H](OC(=O)c2ccccc2)C1OC(=O)c1ccccc1)OC. The average molecular weight is 585 g/mol. The number of esters is 3. The van der Waals surface area contributed by atoms with E-state index >= 15 is 0 Å². The van der Waals surface area contributed by atoms with Gasteiger partial charge in [-0.1, -0.05) is 54.6 Å². The smallest absolute Gasteiger partial charge is 0.338 e. The number of ether oxygens (including phenoxy) is 4. The first-order chi connectivity index (χ1) is 19.7. The van der Waals surface area contributed by atoms with Crippen molar-refractivity contribution in [3.05, 3.63) is 108 Å². The van der Waals surface area contributed by atoms with Gasteiger partial charge in [0.25, 0.3) is 0 Å². The van der Waals surface area contributed by atoms with Crippen LogP contribution >= 0.6 is 7.60 Å². The number of carbonyl (C=O) groups is 3. The first-order valence-electron chi connectivity index (χ1n) is 12.5. The van der Waals surface area contributed by atoms with Crippen LogP contribution < -0.4 is 0 Å². The number of hydrogen-bond donors (Lipinski definition) is 1. The molecular formula is C29H29O11P. The van der Waals surface area contributed by atoms with Gasteiger partial charge in [-0.05, 0) is 36.4 Å². The molecule has 1 heterocycles. The molecule has 3 aromatic rings. The minimum atomic E-state index is -3.99. The lowest BCUT2D eigenvalue weighted by molar-refractivity contribution is -0.216. The van der Waals surface area contributed by atoms with E-state index in [4.69, 9.17) is 28.0 Å². The van der Waals surface area contributed by atoms with Crippen molar-refractivity contribution < 1.29 is 52.1 Å². The van der Waals surface area contributed by atoms with E-state index < -0.39 is 62.4 Å². The summed E-state index contributed by atoms with van der Waals surface area (Å²) < 4.78 is 45.7. The maximum atomic E-state index is 13.1. The molecule has 0 amide bonds. The normalized spacial score (nSPS) is 22.1. The van der Waals surface area contributed by atoms with Gasteiger partial charge in [0, 0.05) is 14.2 Å². The molecule has 0 bridgehead atoms. The van der Waals surface area contributed by atoms with Crippen LogP contribution in [0.25, 0.3) is 0 Å². The predicted molar refractivity (Wildman–Crippen MR) is 144 cm³/mol. The van der Waals surface area contributed by atoms with Crippen molar-refractivity contribution in [1.29, 1.82) is 0 Å². The van der Waals surface area contributed by atoms with E-state index in [0.29, 0.717) is 0 Å². The van der Waals surface area contributed by atoms with E-state index in [1.807, 2.05) is 0 Å². The highest BCUT2D eigenvalue weighted by molar-refractivity contribution is 7.53. The summed E-state index contributed by atoms with van der Waals surface area (Å²) in [5.41, 5.74) is 0.535. The largest absolute Gasteiger partial charge is 0.459 e. The van der Waals surface area contributed by atoms with Crippen LogP contribution in [0.3, 0.4) is 0 Å². The second-order valence-electron chi connectivity index (χ2n) is 9.03. The lowest BCUT2D eigenvalue weighted by atomic mass is 10.1. The van der Waals surface area contributed by atoms with Crippen LogP contribution in [0.4, 0.5) is 0 Å². The molecule has 1 aliphatic rings. The van der Waals surface area contributed by atoms with Gasteiger partial charge in [-0.25, -0.2) is 14.4 Å². The summed E-state index contributed by atoms with van der Waals surface area (Å²) in [6.45, 7) is -0.521. The summed E-state index contributed by atoms with van der Waals surface area (Å²) in [5, 5.41) is 11.7. The second-order valence-corrected chi connectivity index (χ2v) is 11.3. The standard InChI is InChI=1S/C29H29O11P/c1-35-41(34,36-2)19-29(33)25(39-28(32)22-16-10-5-11-17-22)24(38-27(31)21-14-8-4-9-15-21)23(40-29)18-37-26(30)20-12-6-3-7-13-20/h3-17,23-25,33H,18-19H2,1-2H3/t23-,24+,25?,29+/m1/s1. The molecule has 12 heteroatoms. The number of rotatable bonds is 11. The fourth-order valence-corrected chi connectivity index (χ4v) is 5.44. The Bertz CT molecular complexity index is 1380. The van der Waals surface area contributed by atoms with E-state index in [1.54, 1.807) is 66.7 Å². The topological polar surface area (TPSA) is 144 Å². The summed E-state index contributed by atoms with van der Waals surface area (Å²) in [4.78, 5) is 38.9. The van der Waals surface area contributed by atoms with Crippen molar-refractivity contribution in [1.82, 2.24) is 0 Å². The molecule has 0 aliphatic carbocycles. The van der Waals surface area contributed by atoms with Crippen molar-refractivity contribution in [3.63, 3.8) is 0 Å². The Labute approximate surface area is 236 Å². The molecule has 11 nitrogen and oxygen atoms in total. The maximum absolute atomic E-state index is 13.1. The van der Waals surface area contributed by atoms with Gasteiger partial charge in [0.05, 0.1) is 16.7 Å². The molecule has 4 rings (SSSR count). The van der Waals surface area contributed by atoms with Crippen LogP contribution in [-0.2, 0) is 32.6 Å². The first-order valence-corrected chi connectivity index (χ1v) is 14.3. The Kier molecular flexibility index (Phi) is 9.69. The zero-order chi connectivity index (χ0) is 29.5. The Hall–Kier alpha value is -3.86. The maximum Gasteiger partial charge on any atom is 0.338 e. The zero-order valence-corrected chi connectivity index (χ0v) is 23.2. The molecule has 0 saturated carbocycles. The molecule has 4 atom stereocenters. The third kappa shape index (κ3) is 7.27. The predicted octanol–water partition coefficient (Wildman–Crippen LogP) is 3.87.